The van der Waals surface area contributed by atoms with Crippen LogP contribution in [0, 0.1) is 0 Å². The van der Waals surface area contributed by atoms with E-state index in [-0.39, 0.29) is 23.9 Å². The Morgan fingerprint density at radius 1 is 1.13 bits per heavy atom. The smallest absolute Gasteiger partial charge is 0.392 e. The molecule has 2 N–H and O–H groups in total. The molecule has 1 aromatic carbocycles. The van der Waals surface area contributed by atoms with Crippen LogP contribution in [0.15, 0.2) is 35.1 Å². The van der Waals surface area contributed by atoms with Gasteiger partial charge in [-0.2, -0.15) is 13.2 Å². The highest BCUT2D eigenvalue weighted by Gasteiger charge is 2.33. The van der Waals surface area contributed by atoms with Crippen molar-refractivity contribution in [1.82, 2.24) is 9.97 Å². The number of nitrogens with zero attached hydrogens (tertiary/aromatic N) is 1. The maximum atomic E-state index is 12.6. The molecule has 0 saturated carbocycles. The van der Waals surface area contributed by atoms with Gasteiger partial charge in [0.25, 0.3) is 5.56 Å². The fourth-order valence-corrected chi connectivity index (χ4v) is 2.96. The molecule has 0 radical (unpaired) electrons. The van der Waals surface area contributed by atoms with E-state index in [1.54, 1.807) is 24.3 Å². The van der Waals surface area contributed by atoms with Crippen molar-refractivity contribution in [2.45, 2.75) is 24.3 Å². The molecule has 0 aliphatic carbocycles. The van der Waals surface area contributed by atoms with Gasteiger partial charge >= 0.3 is 6.18 Å². The molecular weight excluding hydrogens is 333 g/mol. The third-order valence-corrected chi connectivity index (χ3v) is 4.16. The van der Waals surface area contributed by atoms with E-state index in [2.05, 4.69) is 9.97 Å². The van der Waals surface area contributed by atoms with Crippen molar-refractivity contribution in [2.75, 3.05) is 0 Å². The lowest BCUT2D eigenvalue weighted by atomic mass is 10.2. The van der Waals surface area contributed by atoms with Crippen molar-refractivity contribution in [3.8, 4) is 0 Å². The van der Waals surface area contributed by atoms with Crippen molar-refractivity contribution in [2.24, 2.45) is 0 Å². The molecule has 0 aliphatic rings. The van der Waals surface area contributed by atoms with Gasteiger partial charge in [-0.15, -0.1) is 0 Å². The van der Waals surface area contributed by atoms with E-state index in [1.165, 1.54) is 0 Å². The largest absolute Gasteiger partial charge is 0.433 e. The average molecular weight is 346 g/mol. The van der Waals surface area contributed by atoms with Crippen molar-refractivity contribution in [3.05, 3.63) is 63.3 Å². The number of benzene rings is 1. The van der Waals surface area contributed by atoms with E-state index in [1.807, 2.05) is 0 Å². The molecule has 1 heterocycles. The van der Waals surface area contributed by atoms with Crippen LogP contribution in [-0.2, 0) is 35.1 Å². The number of aliphatic hydroxyl groups is 1. The van der Waals surface area contributed by atoms with E-state index in [9.17, 15) is 22.2 Å². The molecule has 23 heavy (non-hydrogen) atoms. The van der Waals surface area contributed by atoms with Gasteiger partial charge in [-0.3, -0.25) is 9.00 Å². The summed E-state index contributed by atoms with van der Waals surface area (Å²) in [5.41, 5.74) is -0.842. The second kappa shape index (κ2) is 7.05. The second-order valence-corrected chi connectivity index (χ2v) is 6.24. The number of hydrogen-bond donors (Lipinski definition) is 2. The summed E-state index contributed by atoms with van der Waals surface area (Å²) < 4.78 is 49.8. The Morgan fingerprint density at radius 2 is 1.74 bits per heavy atom. The molecule has 0 bridgehead atoms. The first-order valence-corrected chi connectivity index (χ1v) is 7.98. The van der Waals surface area contributed by atoms with Crippen molar-refractivity contribution >= 4 is 10.8 Å². The molecule has 5 nitrogen and oxygen atoms in total. The van der Waals surface area contributed by atoms with Crippen molar-refractivity contribution in [3.63, 3.8) is 0 Å². The first-order valence-electron chi connectivity index (χ1n) is 6.49. The minimum atomic E-state index is -4.73. The summed E-state index contributed by atoms with van der Waals surface area (Å²) in [5, 5.41) is 8.93. The molecule has 0 saturated heterocycles. The minimum Gasteiger partial charge on any atom is -0.392 e. The minimum absolute atomic E-state index is 0.103. The van der Waals surface area contributed by atoms with Gasteiger partial charge in [0, 0.05) is 22.6 Å². The number of alkyl halides is 3. The molecule has 1 aromatic heterocycles. The third kappa shape index (κ3) is 5.00. The summed E-state index contributed by atoms with van der Waals surface area (Å²) in [6.45, 7) is -0.112. The maximum absolute atomic E-state index is 12.6. The fourth-order valence-electron chi connectivity index (χ4n) is 1.85. The number of aromatic nitrogens is 2. The standard InChI is InChI=1S/C14H13F3N2O3S/c15-14(16,17)11-5-13(21)19-12(18-11)8-23(22)7-10-3-1-9(6-20)2-4-10/h1-5,20H,6-8H2,(H,18,19,21). The van der Waals surface area contributed by atoms with Gasteiger partial charge in [-0.05, 0) is 11.1 Å². The highest BCUT2D eigenvalue weighted by atomic mass is 32.2. The molecule has 2 rings (SSSR count). The Balaban J connectivity index is 2.10. The normalized spacial score (nSPS) is 13.0. The monoisotopic (exact) mass is 346 g/mol. The van der Waals surface area contributed by atoms with Gasteiger partial charge < -0.3 is 10.1 Å². The Labute approximate surface area is 131 Å². The van der Waals surface area contributed by atoms with Gasteiger partial charge in [0.1, 0.15) is 5.82 Å². The highest BCUT2D eigenvalue weighted by Crippen LogP contribution is 2.26. The average Bonchev–Trinajstić information content (AvgIpc) is 2.46. The fraction of sp³-hybridized carbons (Fsp3) is 0.286. The first kappa shape index (κ1) is 17.4. The van der Waals surface area contributed by atoms with Crippen LogP contribution in [0.4, 0.5) is 13.2 Å². The number of hydrogen-bond acceptors (Lipinski definition) is 4. The van der Waals surface area contributed by atoms with Gasteiger partial charge in [-0.1, -0.05) is 24.3 Å². The summed E-state index contributed by atoms with van der Waals surface area (Å²) in [4.78, 5) is 16.7. The Bertz CT molecular complexity index is 757. The molecule has 1 unspecified atom stereocenters. The van der Waals surface area contributed by atoms with E-state index in [4.69, 9.17) is 5.11 Å². The van der Waals surface area contributed by atoms with E-state index in [0.717, 1.165) is 0 Å². The zero-order chi connectivity index (χ0) is 17.0. The molecule has 0 fully saturated rings. The number of nitrogens with one attached hydrogen (secondary N) is 1. The van der Waals surface area contributed by atoms with Crippen LogP contribution < -0.4 is 5.56 Å². The van der Waals surface area contributed by atoms with Gasteiger partial charge in [0.15, 0.2) is 5.69 Å². The summed E-state index contributed by atoms with van der Waals surface area (Å²) in [5.74, 6) is -0.456. The van der Waals surface area contributed by atoms with Crippen LogP contribution in [0.1, 0.15) is 22.6 Å². The van der Waals surface area contributed by atoms with Crippen LogP contribution in [0.25, 0.3) is 0 Å². The zero-order valence-corrected chi connectivity index (χ0v) is 12.6. The van der Waals surface area contributed by atoms with E-state index in [0.29, 0.717) is 17.2 Å². The highest BCUT2D eigenvalue weighted by molar-refractivity contribution is 7.83. The van der Waals surface area contributed by atoms with Crippen molar-refractivity contribution < 1.29 is 22.5 Å². The number of aromatic amines is 1. The van der Waals surface area contributed by atoms with Gasteiger partial charge in [0.05, 0.1) is 12.4 Å². The first-order chi connectivity index (χ1) is 10.8. The Kier molecular flexibility index (Phi) is 5.32. The van der Waals surface area contributed by atoms with Crippen LogP contribution in [0.3, 0.4) is 0 Å². The quantitative estimate of drug-likeness (QED) is 0.864. The van der Waals surface area contributed by atoms with E-state index < -0.39 is 28.2 Å². The van der Waals surface area contributed by atoms with Crippen LogP contribution in [0.5, 0.6) is 0 Å². The maximum Gasteiger partial charge on any atom is 0.433 e. The predicted octanol–water partition coefficient (Wildman–Crippen LogP) is 1.73. The Morgan fingerprint density at radius 3 is 2.30 bits per heavy atom. The SMILES string of the molecule is O=c1cc(C(F)(F)F)nc(CS(=O)Cc2ccc(CO)cc2)[nH]1. The van der Waals surface area contributed by atoms with E-state index >= 15 is 0 Å². The molecule has 9 heteroatoms. The lowest BCUT2D eigenvalue weighted by Crippen LogP contribution is -2.19. The lowest BCUT2D eigenvalue weighted by Gasteiger charge is -2.07. The molecule has 0 aliphatic heterocycles. The molecule has 2 aromatic rings. The van der Waals surface area contributed by atoms with Crippen LogP contribution in [0.2, 0.25) is 0 Å². The molecular formula is C14H13F3N2O3S. The second-order valence-electron chi connectivity index (χ2n) is 4.78. The number of halogens is 3. The molecule has 0 amide bonds. The van der Waals surface area contributed by atoms with Crippen molar-refractivity contribution in [1.29, 1.82) is 0 Å². The number of aliphatic hydroxyl groups excluding tert-OH is 1. The van der Waals surface area contributed by atoms with Crippen LogP contribution >= 0.6 is 0 Å². The molecule has 124 valence electrons. The predicted molar refractivity (Wildman–Crippen MR) is 77.8 cm³/mol. The summed E-state index contributed by atoms with van der Waals surface area (Å²) in [7, 11) is -1.54. The number of H-pyrrole nitrogens is 1. The van der Waals surface area contributed by atoms with Gasteiger partial charge in [-0.25, -0.2) is 4.98 Å². The Hall–Kier alpha value is -2.00. The number of rotatable bonds is 5. The lowest BCUT2D eigenvalue weighted by molar-refractivity contribution is -0.141. The zero-order valence-electron chi connectivity index (χ0n) is 11.8. The molecule has 0 spiro atoms. The summed E-state index contributed by atoms with van der Waals surface area (Å²) >= 11 is 0. The summed E-state index contributed by atoms with van der Waals surface area (Å²) in [6, 6.07) is 7.03. The summed E-state index contributed by atoms with van der Waals surface area (Å²) in [6.07, 6.45) is -4.73. The molecule has 1 atom stereocenters. The van der Waals surface area contributed by atoms with Crippen LogP contribution in [-0.4, -0.2) is 19.3 Å². The topological polar surface area (TPSA) is 83.1 Å². The third-order valence-electron chi connectivity index (χ3n) is 2.91. The van der Waals surface area contributed by atoms with Gasteiger partial charge in [0.2, 0.25) is 0 Å².